The highest BCUT2D eigenvalue weighted by molar-refractivity contribution is 9.10. The number of nitrogens with zero attached hydrogens (tertiary/aromatic N) is 1. The van der Waals surface area contributed by atoms with Crippen molar-refractivity contribution in [2.75, 3.05) is 17.2 Å². The van der Waals surface area contributed by atoms with E-state index >= 15 is 0 Å². The van der Waals surface area contributed by atoms with Gasteiger partial charge in [0, 0.05) is 35.7 Å². The summed E-state index contributed by atoms with van der Waals surface area (Å²) in [7, 11) is 0. The van der Waals surface area contributed by atoms with Gasteiger partial charge in [0.15, 0.2) is 0 Å². The predicted molar refractivity (Wildman–Crippen MR) is 108 cm³/mol. The minimum absolute atomic E-state index is 0.169. The molecule has 0 spiro atoms. The Hall–Kier alpha value is -3.00. The van der Waals surface area contributed by atoms with E-state index in [1.54, 1.807) is 42.5 Å². The molecule has 1 aliphatic heterocycles. The second-order valence-corrected chi connectivity index (χ2v) is 7.28. The first-order valence-electron chi connectivity index (χ1n) is 8.68. The lowest BCUT2D eigenvalue weighted by Crippen LogP contribution is -2.31. The van der Waals surface area contributed by atoms with Crippen LogP contribution >= 0.6 is 15.9 Å². The smallest absolute Gasteiger partial charge is 0.261 e. The standard InChI is InChI=1S/C20H18BrN3O4/c1-12(25)22-14-5-7-15(8-6-14)23-18(26)3-2-10-24-19(27)16-9-4-13(21)11-17(16)20(24)28/h4-9,11H,2-3,10H2,1H3,(H,22,25)(H,23,26). The Morgan fingerprint density at radius 3 is 2.18 bits per heavy atom. The first kappa shape index (κ1) is 19.8. The van der Waals surface area contributed by atoms with Gasteiger partial charge < -0.3 is 10.6 Å². The van der Waals surface area contributed by atoms with E-state index in [4.69, 9.17) is 0 Å². The van der Waals surface area contributed by atoms with Crippen LogP contribution in [-0.2, 0) is 9.59 Å². The molecule has 144 valence electrons. The van der Waals surface area contributed by atoms with Crippen LogP contribution in [0.5, 0.6) is 0 Å². The van der Waals surface area contributed by atoms with Crippen molar-refractivity contribution in [2.24, 2.45) is 0 Å². The Bertz CT molecular complexity index is 956. The summed E-state index contributed by atoms with van der Waals surface area (Å²) in [6.45, 7) is 1.60. The number of carbonyl (C=O) groups excluding carboxylic acids is 4. The SMILES string of the molecule is CC(=O)Nc1ccc(NC(=O)CCCN2C(=O)c3ccc(Br)cc3C2=O)cc1. The number of nitrogens with one attached hydrogen (secondary N) is 2. The van der Waals surface area contributed by atoms with E-state index in [0.29, 0.717) is 28.9 Å². The lowest BCUT2D eigenvalue weighted by atomic mass is 10.1. The Kier molecular flexibility index (Phi) is 5.89. The van der Waals surface area contributed by atoms with Crippen molar-refractivity contribution in [1.82, 2.24) is 4.90 Å². The van der Waals surface area contributed by atoms with Gasteiger partial charge in [0.25, 0.3) is 11.8 Å². The van der Waals surface area contributed by atoms with E-state index in [9.17, 15) is 19.2 Å². The highest BCUT2D eigenvalue weighted by atomic mass is 79.9. The Labute approximate surface area is 170 Å². The molecule has 3 rings (SSSR count). The molecular formula is C20H18BrN3O4. The molecule has 0 saturated carbocycles. The topological polar surface area (TPSA) is 95.6 Å². The van der Waals surface area contributed by atoms with E-state index in [2.05, 4.69) is 26.6 Å². The fourth-order valence-electron chi connectivity index (χ4n) is 2.93. The Morgan fingerprint density at radius 1 is 0.929 bits per heavy atom. The molecule has 4 amide bonds. The molecule has 2 N–H and O–H groups in total. The molecule has 0 aromatic heterocycles. The van der Waals surface area contributed by atoms with E-state index in [1.165, 1.54) is 11.8 Å². The van der Waals surface area contributed by atoms with Crippen LogP contribution in [0.2, 0.25) is 0 Å². The normalized spacial score (nSPS) is 12.7. The summed E-state index contributed by atoms with van der Waals surface area (Å²) in [5.41, 5.74) is 2.01. The van der Waals surface area contributed by atoms with E-state index in [1.807, 2.05) is 0 Å². The number of fused-ring (bicyclic) bond motifs is 1. The monoisotopic (exact) mass is 443 g/mol. The van der Waals surface area contributed by atoms with Gasteiger partial charge >= 0.3 is 0 Å². The van der Waals surface area contributed by atoms with Crippen molar-refractivity contribution in [3.63, 3.8) is 0 Å². The zero-order chi connectivity index (χ0) is 20.3. The molecular weight excluding hydrogens is 426 g/mol. The fraction of sp³-hybridized carbons (Fsp3) is 0.200. The molecule has 8 heteroatoms. The first-order chi connectivity index (χ1) is 13.3. The number of halogens is 1. The van der Waals surface area contributed by atoms with Crippen LogP contribution in [-0.4, -0.2) is 35.1 Å². The minimum Gasteiger partial charge on any atom is -0.326 e. The predicted octanol–water partition coefficient (Wildman–Crippen LogP) is 3.42. The van der Waals surface area contributed by atoms with Gasteiger partial charge in [0.2, 0.25) is 11.8 Å². The molecule has 0 aliphatic carbocycles. The highest BCUT2D eigenvalue weighted by Gasteiger charge is 2.35. The lowest BCUT2D eigenvalue weighted by Gasteiger charge is -2.13. The molecule has 2 aromatic carbocycles. The second-order valence-electron chi connectivity index (χ2n) is 6.36. The van der Waals surface area contributed by atoms with Gasteiger partial charge in [-0.3, -0.25) is 24.1 Å². The first-order valence-corrected chi connectivity index (χ1v) is 9.47. The van der Waals surface area contributed by atoms with Crippen molar-refractivity contribution in [3.8, 4) is 0 Å². The van der Waals surface area contributed by atoms with Crippen molar-refractivity contribution < 1.29 is 19.2 Å². The number of hydrogen-bond acceptors (Lipinski definition) is 4. The number of carbonyl (C=O) groups is 4. The Morgan fingerprint density at radius 2 is 1.54 bits per heavy atom. The second kappa shape index (κ2) is 8.35. The number of rotatable bonds is 6. The van der Waals surface area contributed by atoms with Gasteiger partial charge in [-0.1, -0.05) is 15.9 Å². The largest absolute Gasteiger partial charge is 0.326 e. The van der Waals surface area contributed by atoms with Gasteiger partial charge in [-0.15, -0.1) is 0 Å². The van der Waals surface area contributed by atoms with E-state index < -0.39 is 0 Å². The van der Waals surface area contributed by atoms with Crippen LogP contribution in [0.3, 0.4) is 0 Å². The third-order valence-electron chi connectivity index (χ3n) is 4.21. The van der Waals surface area contributed by atoms with Crippen molar-refractivity contribution in [3.05, 3.63) is 58.1 Å². The number of imide groups is 1. The molecule has 0 saturated heterocycles. The Balaban J connectivity index is 1.50. The molecule has 0 bridgehead atoms. The summed E-state index contributed by atoms with van der Waals surface area (Å²) in [5, 5.41) is 5.39. The summed E-state index contributed by atoms with van der Waals surface area (Å²) in [6.07, 6.45) is 0.535. The van der Waals surface area contributed by atoms with Gasteiger partial charge in [-0.2, -0.15) is 0 Å². The molecule has 0 unspecified atom stereocenters. The zero-order valence-corrected chi connectivity index (χ0v) is 16.7. The summed E-state index contributed by atoms with van der Waals surface area (Å²) in [6, 6.07) is 11.7. The molecule has 0 atom stereocenters. The number of hydrogen-bond donors (Lipinski definition) is 2. The molecule has 28 heavy (non-hydrogen) atoms. The summed E-state index contributed by atoms with van der Waals surface area (Å²) in [5.74, 6) is -1.05. The van der Waals surface area contributed by atoms with Crippen LogP contribution in [0.1, 0.15) is 40.5 Å². The molecule has 0 radical (unpaired) electrons. The summed E-state index contributed by atoms with van der Waals surface area (Å²) >= 11 is 3.30. The number of anilines is 2. The molecule has 1 aliphatic rings. The van der Waals surface area contributed by atoms with Crippen LogP contribution in [0, 0.1) is 0 Å². The van der Waals surface area contributed by atoms with Gasteiger partial charge in [0.05, 0.1) is 11.1 Å². The zero-order valence-electron chi connectivity index (χ0n) is 15.1. The molecule has 2 aromatic rings. The summed E-state index contributed by atoms with van der Waals surface area (Å²) < 4.78 is 0.734. The van der Waals surface area contributed by atoms with E-state index in [0.717, 1.165) is 4.47 Å². The molecule has 0 fully saturated rings. The fourth-order valence-corrected chi connectivity index (χ4v) is 3.29. The van der Waals surface area contributed by atoms with Gasteiger partial charge in [-0.05, 0) is 48.9 Å². The van der Waals surface area contributed by atoms with Gasteiger partial charge in [0.1, 0.15) is 0 Å². The maximum atomic E-state index is 12.4. The highest BCUT2D eigenvalue weighted by Crippen LogP contribution is 2.26. The average Bonchev–Trinajstić information content (AvgIpc) is 2.87. The minimum atomic E-state index is -0.338. The van der Waals surface area contributed by atoms with Crippen LogP contribution in [0.15, 0.2) is 46.9 Å². The lowest BCUT2D eigenvalue weighted by molar-refractivity contribution is -0.116. The quantitative estimate of drug-likeness (QED) is 0.668. The van der Waals surface area contributed by atoms with Gasteiger partial charge in [-0.25, -0.2) is 0 Å². The average molecular weight is 444 g/mol. The third-order valence-corrected chi connectivity index (χ3v) is 4.70. The maximum Gasteiger partial charge on any atom is 0.261 e. The van der Waals surface area contributed by atoms with Crippen LogP contribution in [0.25, 0.3) is 0 Å². The van der Waals surface area contributed by atoms with Crippen molar-refractivity contribution >= 4 is 50.9 Å². The maximum absolute atomic E-state index is 12.4. The van der Waals surface area contributed by atoms with Crippen LogP contribution in [0.4, 0.5) is 11.4 Å². The van der Waals surface area contributed by atoms with Crippen LogP contribution < -0.4 is 10.6 Å². The van der Waals surface area contributed by atoms with E-state index in [-0.39, 0.29) is 36.6 Å². The van der Waals surface area contributed by atoms with Crippen molar-refractivity contribution in [1.29, 1.82) is 0 Å². The number of benzene rings is 2. The number of amides is 4. The van der Waals surface area contributed by atoms with Crippen molar-refractivity contribution in [2.45, 2.75) is 19.8 Å². The third kappa shape index (κ3) is 4.45. The summed E-state index contributed by atoms with van der Waals surface area (Å²) in [4.78, 5) is 49.0. The molecule has 1 heterocycles. The molecule has 7 nitrogen and oxygen atoms in total.